The van der Waals surface area contributed by atoms with E-state index in [9.17, 15) is 26.3 Å². The summed E-state index contributed by atoms with van der Waals surface area (Å²) in [6.45, 7) is 0. The number of hydrogen-bond donors (Lipinski definition) is 0. The molecule has 1 aromatic heterocycles. The third-order valence-corrected chi connectivity index (χ3v) is 0.981. The Bertz CT molecular complexity index is 301. The highest BCUT2D eigenvalue weighted by atomic mass is 19.4. The van der Waals surface area contributed by atoms with E-state index in [0.717, 1.165) is 0 Å². The molecule has 0 saturated heterocycles. The zero-order valence-electron chi connectivity index (χ0n) is 5.56. The minimum atomic E-state index is -5.89. The van der Waals surface area contributed by atoms with Gasteiger partial charge in [-0.15, -0.1) is 0 Å². The summed E-state index contributed by atoms with van der Waals surface area (Å²) in [6, 6.07) is -5.36. The molecule has 1 aromatic rings. The molecule has 0 unspecified atom stereocenters. The normalized spacial score (nSPS) is 13.4. The molecule has 0 radical (unpaired) electrons. The summed E-state index contributed by atoms with van der Waals surface area (Å²) in [5, 5.41) is 6.52. The number of alkyl halides is 5. The van der Waals surface area contributed by atoms with Gasteiger partial charge in [-0.25, -0.2) is 0 Å². The maximum absolute atomic E-state index is 12.2. The Morgan fingerprint density at radius 2 is 1.62 bits per heavy atom. The third-order valence-electron chi connectivity index (χ3n) is 0.981. The SMILES string of the molecule is Fc1nnn(C(F)(F)C(F)(F)F)n1. The summed E-state index contributed by atoms with van der Waals surface area (Å²) in [6.07, 6.45) is -7.65. The van der Waals surface area contributed by atoms with Crippen molar-refractivity contribution < 1.29 is 26.3 Å². The number of tetrazole rings is 1. The zero-order valence-corrected chi connectivity index (χ0v) is 5.56. The fraction of sp³-hybridized carbons (Fsp3) is 0.667. The summed E-state index contributed by atoms with van der Waals surface area (Å²) >= 11 is 0. The van der Waals surface area contributed by atoms with Gasteiger partial charge in [0, 0.05) is 0 Å². The first-order valence-corrected chi connectivity index (χ1v) is 2.65. The molecule has 10 heteroatoms. The Balaban J connectivity index is 3.07. The molecule has 0 amide bonds. The average Bonchev–Trinajstić information content (AvgIpc) is 2.33. The maximum atomic E-state index is 12.2. The Labute approximate surface area is 66.1 Å². The molecule has 74 valence electrons. The van der Waals surface area contributed by atoms with Gasteiger partial charge < -0.3 is 0 Å². The lowest BCUT2D eigenvalue weighted by molar-refractivity contribution is -0.333. The first kappa shape index (κ1) is 9.74. The Morgan fingerprint density at radius 1 is 1.08 bits per heavy atom. The van der Waals surface area contributed by atoms with Gasteiger partial charge in [-0.05, 0) is 5.21 Å². The topological polar surface area (TPSA) is 43.6 Å². The van der Waals surface area contributed by atoms with E-state index >= 15 is 0 Å². The van der Waals surface area contributed by atoms with Crippen LogP contribution in [0.25, 0.3) is 0 Å². The molecule has 0 aliphatic rings. The van der Waals surface area contributed by atoms with Gasteiger partial charge in [0.15, 0.2) is 0 Å². The number of hydrogen-bond acceptors (Lipinski definition) is 3. The van der Waals surface area contributed by atoms with Gasteiger partial charge >= 0.3 is 18.3 Å². The molecule has 13 heavy (non-hydrogen) atoms. The highest BCUT2D eigenvalue weighted by molar-refractivity contribution is 4.67. The maximum Gasteiger partial charge on any atom is 0.479 e. The minimum Gasteiger partial charge on any atom is -0.169 e. The number of aromatic nitrogens is 4. The summed E-state index contributed by atoms with van der Waals surface area (Å²) in [5.41, 5.74) is 0. The van der Waals surface area contributed by atoms with Gasteiger partial charge in [0.25, 0.3) is 0 Å². The number of nitrogens with zero attached hydrogens (tertiary/aromatic N) is 4. The van der Waals surface area contributed by atoms with Crippen LogP contribution in [0.1, 0.15) is 0 Å². The molecular formula is C3F6N4. The van der Waals surface area contributed by atoms with Crippen LogP contribution >= 0.6 is 0 Å². The van der Waals surface area contributed by atoms with Crippen molar-refractivity contribution in [2.24, 2.45) is 0 Å². The Kier molecular flexibility index (Phi) is 1.92. The van der Waals surface area contributed by atoms with Gasteiger partial charge in [-0.1, -0.05) is 15.0 Å². The molecule has 0 fully saturated rings. The summed E-state index contributed by atoms with van der Waals surface area (Å²) < 4.78 is 70.8. The number of rotatable bonds is 1. The van der Waals surface area contributed by atoms with Crippen LogP contribution in [0, 0.1) is 6.08 Å². The van der Waals surface area contributed by atoms with Crippen molar-refractivity contribution in [2.75, 3.05) is 0 Å². The molecule has 0 N–H and O–H groups in total. The lowest BCUT2D eigenvalue weighted by atomic mass is 10.5. The van der Waals surface area contributed by atoms with Crippen LogP contribution in [0.5, 0.6) is 0 Å². The zero-order chi connectivity index (χ0) is 10.3. The predicted molar refractivity (Wildman–Crippen MR) is 24.0 cm³/mol. The van der Waals surface area contributed by atoms with Gasteiger partial charge in [0.2, 0.25) is 0 Å². The largest absolute Gasteiger partial charge is 0.479 e. The van der Waals surface area contributed by atoms with Crippen molar-refractivity contribution in [2.45, 2.75) is 12.2 Å². The highest BCUT2D eigenvalue weighted by Crippen LogP contribution is 2.38. The van der Waals surface area contributed by atoms with Crippen molar-refractivity contribution in [1.29, 1.82) is 0 Å². The lowest BCUT2D eigenvalue weighted by Gasteiger charge is -2.16. The van der Waals surface area contributed by atoms with Crippen LogP contribution < -0.4 is 0 Å². The molecule has 0 bridgehead atoms. The van der Waals surface area contributed by atoms with Gasteiger partial charge in [0.1, 0.15) is 0 Å². The van der Waals surface area contributed by atoms with Crippen molar-refractivity contribution in [1.82, 2.24) is 20.2 Å². The second-order valence-corrected chi connectivity index (χ2v) is 1.89. The van der Waals surface area contributed by atoms with Crippen molar-refractivity contribution >= 4 is 0 Å². The third kappa shape index (κ3) is 1.55. The van der Waals surface area contributed by atoms with Crippen molar-refractivity contribution in [3.8, 4) is 0 Å². The van der Waals surface area contributed by atoms with Gasteiger partial charge in [0.05, 0.1) is 0 Å². The van der Waals surface area contributed by atoms with E-state index < -0.39 is 23.1 Å². The summed E-state index contributed by atoms with van der Waals surface area (Å²) in [5.74, 6) is 0. The molecule has 0 saturated carbocycles. The molecule has 1 heterocycles. The van der Waals surface area contributed by atoms with Crippen molar-refractivity contribution in [3.63, 3.8) is 0 Å². The van der Waals surface area contributed by atoms with Crippen LogP contribution in [0.4, 0.5) is 26.3 Å². The fourth-order valence-electron chi connectivity index (χ4n) is 0.430. The van der Waals surface area contributed by atoms with E-state index in [4.69, 9.17) is 0 Å². The molecule has 0 aromatic carbocycles. The molecule has 0 atom stereocenters. The smallest absolute Gasteiger partial charge is 0.169 e. The van der Waals surface area contributed by atoms with E-state index in [1.165, 1.54) is 0 Å². The fourth-order valence-corrected chi connectivity index (χ4v) is 0.430. The molecule has 4 nitrogen and oxygen atoms in total. The summed E-state index contributed by atoms with van der Waals surface area (Å²) in [7, 11) is 0. The van der Waals surface area contributed by atoms with E-state index in [0.29, 0.717) is 0 Å². The summed E-state index contributed by atoms with van der Waals surface area (Å²) in [4.78, 5) is -1.14. The van der Waals surface area contributed by atoms with Crippen LogP contribution in [0.2, 0.25) is 0 Å². The average molecular weight is 206 g/mol. The van der Waals surface area contributed by atoms with E-state index in [-0.39, 0.29) is 0 Å². The van der Waals surface area contributed by atoms with Crippen LogP contribution in [-0.2, 0) is 6.05 Å². The van der Waals surface area contributed by atoms with E-state index in [2.05, 4.69) is 15.4 Å². The molecule has 0 aliphatic heterocycles. The van der Waals surface area contributed by atoms with Crippen molar-refractivity contribution in [3.05, 3.63) is 6.08 Å². The second-order valence-electron chi connectivity index (χ2n) is 1.89. The first-order valence-electron chi connectivity index (χ1n) is 2.65. The minimum absolute atomic E-state index is 1.14. The van der Waals surface area contributed by atoms with Gasteiger partial charge in [-0.2, -0.15) is 26.3 Å². The Hall–Kier alpha value is -1.35. The molecule has 0 spiro atoms. The highest BCUT2D eigenvalue weighted by Gasteiger charge is 2.61. The quantitative estimate of drug-likeness (QED) is 0.641. The standard InChI is InChI=1S/C3F6N4/c4-1-10-12-13(11-1)3(8,9)2(5,6)7. The lowest BCUT2D eigenvalue weighted by Crippen LogP contribution is -2.41. The van der Waals surface area contributed by atoms with Crippen LogP contribution in [0.3, 0.4) is 0 Å². The van der Waals surface area contributed by atoms with Crippen LogP contribution in [-0.4, -0.2) is 26.4 Å². The number of halogens is 6. The van der Waals surface area contributed by atoms with E-state index in [1.807, 2.05) is 0 Å². The molecular weight excluding hydrogens is 206 g/mol. The Morgan fingerprint density at radius 3 is 1.92 bits per heavy atom. The predicted octanol–water partition coefficient (Wildman–Crippen LogP) is 0.924. The molecule has 1 rings (SSSR count). The second kappa shape index (κ2) is 2.57. The monoisotopic (exact) mass is 206 g/mol. The van der Waals surface area contributed by atoms with Crippen LogP contribution in [0.15, 0.2) is 0 Å². The molecule has 0 aliphatic carbocycles. The van der Waals surface area contributed by atoms with Gasteiger partial charge in [-0.3, -0.25) is 0 Å². The first-order chi connectivity index (χ1) is 5.75. The van der Waals surface area contributed by atoms with E-state index in [1.54, 1.807) is 0 Å².